The molecule has 0 spiro atoms. The Morgan fingerprint density at radius 1 is 1.20 bits per heavy atom. The Morgan fingerprint density at radius 3 is 2.65 bits per heavy atom. The van der Waals surface area contributed by atoms with Crippen molar-refractivity contribution in [2.75, 3.05) is 37.7 Å². The molecule has 4 nitrogen and oxygen atoms in total. The molecule has 0 unspecified atom stereocenters. The number of carbonyl (C=O) groups excluding carboxylic acids is 1. The highest BCUT2D eigenvalue weighted by atomic mass is 16.5. The van der Waals surface area contributed by atoms with Gasteiger partial charge in [0.2, 0.25) is 5.91 Å². The molecular formula is C16H22N2O2. The molecule has 0 aromatic heterocycles. The summed E-state index contributed by atoms with van der Waals surface area (Å²) >= 11 is 0. The van der Waals surface area contributed by atoms with E-state index in [2.05, 4.69) is 43.0 Å². The SMILES string of the molecule is CC(C)c1ccc(N2CCN3C(=O)COC[C@@H]3C2)cc1. The highest BCUT2D eigenvalue weighted by Crippen LogP contribution is 2.23. The molecule has 4 heteroatoms. The van der Waals surface area contributed by atoms with Gasteiger partial charge in [0.05, 0.1) is 12.6 Å². The zero-order valence-electron chi connectivity index (χ0n) is 12.2. The van der Waals surface area contributed by atoms with Crippen molar-refractivity contribution >= 4 is 11.6 Å². The van der Waals surface area contributed by atoms with E-state index in [0.29, 0.717) is 12.5 Å². The molecular weight excluding hydrogens is 252 g/mol. The Labute approximate surface area is 120 Å². The topological polar surface area (TPSA) is 32.8 Å². The summed E-state index contributed by atoms with van der Waals surface area (Å²) in [4.78, 5) is 16.1. The largest absolute Gasteiger partial charge is 0.369 e. The average Bonchev–Trinajstić information content (AvgIpc) is 2.47. The van der Waals surface area contributed by atoms with Crippen LogP contribution in [0.3, 0.4) is 0 Å². The Hall–Kier alpha value is -1.55. The van der Waals surface area contributed by atoms with Crippen LogP contribution in [-0.2, 0) is 9.53 Å². The number of ether oxygens (including phenoxy) is 1. The van der Waals surface area contributed by atoms with Gasteiger partial charge in [0.25, 0.3) is 0 Å². The van der Waals surface area contributed by atoms with E-state index >= 15 is 0 Å². The van der Waals surface area contributed by atoms with E-state index in [9.17, 15) is 4.79 Å². The number of nitrogens with zero attached hydrogens (tertiary/aromatic N) is 2. The van der Waals surface area contributed by atoms with Gasteiger partial charge in [-0.2, -0.15) is 0 Å². The zero-order chi connectivity index (χ0) is 14.1. The summed E-state index contributed by atoms with van der Waals surface area (Å²) in [5, 5.41) is 0. The standard InChI is InChI=1S/C16H22N2O2/c1-12(2)13-3-5-14(6-4-13)17-7-8-18-15(9-17)10-20-11-16(18)19/h3-6,12,15H,7-11H2,1-2H3/t15-/m0/s1. The summed E-state index contributed by atoms with van der Waals surface area (Å²) in [7, 11) is 0. The molecule has 2 saturated heterocycles. The summed E-state index contributed by atoms with van der Waals surface area (Å²) < 4.78 is 5.37. The second-order valence-corrected chi connectivity index (χ2v) is 5.95. The van der Waals surface area contributed by atoms with Crippen LogP contribution < -0.4 is 4.90 Å². The van der Waals surface area contributed by atoms with Crippen LogP contribution in [0.2, 0.25) is 0 Å². The first-order chi connectivity index (χ1) is 9.65. The second kappa shape index (κ2) is 5.44. The van der Waals surface area contributed by atoms with Gasteiger partial charge in [-0.15, -0.1) is 0 Å². The lowest BCUT2D eigenvalue weighted by atomic mass is 10.0. The van der Waals surface area contributed by atoms with Gasteiger partial charge in [-0.3, -0.25) is 4.79 Å². The number of rotatable bonds is 2. The molecule has 1 atom stereocenters. The van der Waals surface area contributed by atoms with E-state index < -0.39 is 0 Å². The van der Waals surface area contributed by atoms with Crippen molar-refractivity contribution in [2.45, 2.75) is 25.8 Å². The quantitative estimate of drug-likeness (QED) is 0.825. The van der Waals surface area contributed by atoms with Crippen molar-refractivity contribution in [3.05, 3.63) is 29.8 Å². The Bertz CT molecular complexity index is 484. The van der Waals surface area contributed by atoms with E-state index in [1.54, 1.807) is 0 Å². The Balaban J connectivity index is 1.71. The minimum atomic E-state index is 0.135. The van der Waals surface area contributed by atoms with Crippen molar-refractivity contribution in [3.63, 3.8) is 0 Å². The average molecular weight is 274 g/mol. The number of hydrogen-bond acceptors (Lipinski definition) is 3. The molecule has 108 valence electrons. The summed E-state index contributed by atoms with van der Waals surface area (Å²) in [6.07, 6.45) is 0. The molecule has 0 aliphatic carbocycles. The summed E-state index contributed by atoms with van der Waals surface area (Å²) in [5.74, 6) is 0.696. The van der Waals surface area contributed by atoms with Gasteiger partial charge in [-0.05, 0) is 23.6 Å². The molecule has 0 radical (unpaired) electrons. The van der Waals surface area contributed by atoms with Crippen LogP contribution in [0.15, 0.2) is 24.3 Å². The third-order valence-corrected chi connectivity index (χ3v) is 4.26. The van der Waals surface area contributed by atoms with Crippen molar-refractivity contribution in [1.29, 1.82) is 0 Å². The van der Waals surface area contributed by atoms with Crippen LogP contribution in [0.1, 0.15) is 25.3 Å². The van der Waals surface area contributed by atoms with Gasteiger partial charge >= 0.3 is 0 Å². The van der Waals surface area contributed by atoms with Gasteiger partial charge in [0.15, 0.2) is 0 Å². The van der Waals surface area contributed by atoms with E-state index in [-0.39, 0.29) is 18.6 Å². The van der Waals surface area contributed by atoms with Gasteiger partial charge in [0.1, 0.15) is 6.61 Å². The van der Waals surface area contributed by atoms with Crippen LogP contribution in [0, 0.1) is 0 Å². The third-order valence-electron chi connectivity index (χ3n) is 4.26. The summed E-state index contributed by atoms with van der Waals surface area (Å²) in [6, 6.07) is 8.99. The minimum Gasteiger partial charge on any atom is -0.369 e. The molecule has 1 amide bonds. The van der Waals surface area contributed by atoms with E-state index in [1.165, 1.54) is 11.3 Å². The maximum Gasteiger partial charge on any atom is 0.249 e. The molecule has 2 aliphatic rings. The Morgan fingerprint density at radius 2 is 1.95 bits per heavy atom. The fourth-order valence-electron chi connectivity index (χ4n) is 3.00. The zero-order valence-corrected chi connectivity index (χ0v) is 12.2. The second-order valence-electron chi connectivity index (χ2n) is 5.95. The number of benzene rings is 1. The number of morpholine rings is 1. The van der Waals surface area contributed by atoms with Crippen LogP contribution in [0.25, 0.3) is 0 Å². The number of hydrogen-bond donors (Lipinski definition) is 0. The molecule has 3 rings (SSSR count). The maximum atomic E-state index is 11.8. The normalized spacial score (nSPS) is 23.1. The summed E-state index contributed by atoms with van der Waals surface area (Å²) in [5.41, 5.74) is 2.61. The first-order valence-corrected chi connectivity index (χ1v) is 7.37. The smallest absolute Gasteiger partial charge is 0.249 e. The van der Waals surface area contributed by atoms with Gasteiger partial charge in [-0.1, -0.05) is 26.0 Å². The lowest BCUT2D eigenvalue weighted by Crippen LogP contribution is -2.60. The molecule has 2 fully saturated rings. The molecule has 2 aliphatic heterocycles. The van der Waals surface area contributed by atoms with Crippen LogP contribution in [-0.4, -0.2) is 49.7 Å². The fourth-order valence-corrected chi connectivity index (χ4v) is 3.00. The third kappa shape index (κ3) is 2.52. The van der Waals surface area contributed by atoms with Crippen LogP contribution in [0.5, 0.6) is 0 Å². The molecule has 20 heavy (non-hydrogen) atoms. The molecule has 0 N–H and O–H groups in total. The van der Waals surface area contributed by atoms with Crippen molar-refractivity contribution in [1.82, 2.24) is 4.90 Å². The number of amides is 1. The van der Waals surface area contributed by atoms with E-state index in [1.807, 2.05) is 4.90 Å². The molecule has 0 bridgehead atoms. The van der Waals surface area contributed by atoms with Crippen LogP contribution >= 0.6 is 0 Å². The lowest BCUT2D eigenvalue weighted by Gasteiger charge is -2.44. The first kappa shape index (κ1) is 13.4. The predicted molar refractivity (Wildman–Crippen MR) is 79.1 cm³/mol. The van der Waals surface area contributed by atoms with Crippen molar-refractivity contribution in [2.24, 2.45) is 0 Å². The van der Waals surface area contributed by atoms with E-state index in [0.717, 1.165) is 19.6 Å². The number of carbonyl (C=O) groups is 1. The first-order valence-electron chi connectivity index (χ1n) is 7.37. The monoisotopic (exact) mass is 274 g/mol. The van der Waals surface area contributed by atoms with Gasteiger partial charge < -0.3 is 14.5 Å². The van der Waals surface area contributed by atoms with Gasteiger partial charge in [0, 0.05) is 25.3 Å². The Kier molecular flexibility index (Phi) is 3.66. The summed E-state index contributed by atoms with van der Waals surface area (Å²) in [6.45, 7) is 7.90. The molecule has 0 saturated carbocycles. The van der Waals surface area contributed by atoms with Crippen molar-refractivity contribution < 1.29 is 9.53 Å². The highest BCUT2D eigenvalue weighted by molar-refractivity contribution is 5.78. The maximum absolute atomic E-state index is 11.8. The fraction of sp³-hybridized carbons (Fsp3) is 0.562. The number of fused-ring (bicyclic) bond motifs is 1. The van der Waals surface area contributed by atoms with Gasteiger partial charge in [-0.25, -0.2) is 0 Å². The molecule has 2 heterocycles. The minimum absolute atomic E-state index is 0.135. The molecule has 1 aromatic rings. The van der Waals surface area contributed by atoms with Crippen LogP contribution in [0.4, 0.5) is 5.69 Å². The molecule has 1 aromatic carbocycles. The number of anilines is 1. The number of piperazine rings is 1. The lowest BCUT2D eigenvalue weighted by molar-refractivity contribution is -0.148. The van der Waals surface area contributed by atoms with E-state index in [4.69, 9.17) is 4.74 Å². The predicted octanol–water partition coefficient (Wildman–Crippen LogP) is 1.86. The highest BCUT2D eigenvalue weighted by Gasteiger charge is 2.33. The van der Waals surface area contributed by atoms with Crippen molar-refractivity contribution in [3.8, 4) is 0 Å².